The molecule has 0 aliphatic heterocycles. The summed E-state index contributed by atoms with van der Waals surface area (Å²) in [5.74, 6) is -0.295. The van der Waals surface area contributed by atoms with Gasteiger partial charge < -0.3 is 5.32 Å². The maximum atomic E-state index is 11.7. The molecular formula is C11H10BrClN2O. The molecule has 3 nitrogen and oxygen atoms in total. The maximum absolute atomic E-state index is 11.7. The van der Waals surface area contributed by atoms with Crippen molar-refractivity contribution in [2.24, 2.45) is 0 Å². The molecule has 0 aliphatic rings. The van der Waals surface area contributed by atoms with Gasteiger partial charge in [-0.3, -0.25) is 4.79 Å². The molecule has 0 heterocycles. The van der Waals surface area contributed by atoms with Crippen molar-refractivity contribution in [1.29, 1.82) is 5.26 Å². The third-order valence-corrected chi connectivity index (χ3v) is 2.67. The fourth-order valence-electron chi connectivity index (χ4n) is 1.15. The van der Waals surface area contributed by atoms with Crippen molar-refractivity contribution in [2.75, 3.05) is 0 Å². The summed E-state index contributed by atoms with van der Waals surface area (Å²) in [5.41, 5.74) is 0.438. The van der Waals surface area contributed by atoms with E-state index in [1.165, 1.54) is 0 Å². The third kappa shape index (κ3) is 3.51. The Hall–Kier alpha value is -1.05. The van der Waals surface area contributed by atoms with Crippen LogP contribution >= 0.6 is 27.5 Å². The number of amides is 1. The molecule has 1 aromatic rings. The van der Waals surface area contributed by atoms with Crippen molar-refractivity contribution < 1.29 is 4.79 Å². The average molecular weight is 302 g/mol. The van der Waals surface area contributed by atoms with E-state index in [1.54, 1.807) is 18.2 Å². The second-order valence-corrected chi connectivity index (χ2v) is 4.57. The van der Waals surface area contributed by atoms with Crippen molar-refractivity contribution in [3.8, 4) is 6.07 Å². The van der Waals surface area contributed by atoms with Crippen molar-refractivity contribution in [1.82, 2.24) is 5.32 Å². The molecule has 0 aromatic heterocycles. The first kappa shape index (κ1) is 13.0. The van der Waals surface area contributed by atoms with Gasteiger partial charge in [0.15, 0.2) is 0 Å². The van der Waals surface area contributed by atoms with Gasteiger partial charge in [0.2, 0.25) is 0 Å². The van der Waals surface area contributed by atoms with E-state index in [0.29, 0.717) is 17.0 Å². The summed E-state index contributed by atoms with van der Waals surface area (Å²) in [7, 11) is 0. The highest BCUT2D eigenvalue weighted by atomic mass is 79.9. The van der Waals surface area contributed by atoms with Crippen LogP contribution in [0.2, 0.25) is 5.02 Å². The topological polar surface area (TPSA) is 52.9 Å². The van der Waals surface area contributed by atoms with Crippen molar-refractivity contribution >= 4 is 33.4 Å². The summed E-state index contributed by atoms with van der Waals surface area (Å²) < 4.78 is 0.732. The SMILES string of the molecule is CCC(C#N)NC(=O)c1cc(Cl)cc(Br)c1. The number of nitrogens with zero attached hydrogens (tertiary/aromatic N) is 1. The smallest absolute Gasteiger partial charge is 0.252 e. The highest BCUT2D eigenvalue weighted by Gasteiger charge is 2.12. The van der Waals surface area contributed by atoms with E-state index in [4.69, 9.17) is 16.9 Å². The van der Waals surface area contributed by atoms with Gasteiger partial charge in [-0.25, -0.2) is 0 Å². The Kier molecular flexibility index (Phi) is 4.78. The van der Waals surface area contributed by atoms with Gasteiger partial charge in [0.05, 0.1) is 6.07 Å². The highest BCUT2D eigenvalue weighted by Crippen LogP contribution is 2.19. The van der Waals surface area contributed by atoms with Crippen LogP contribution in [0.5, 0.6) is 0 Å². The van der Waals surface area contributed by atoms with E-state index in [2.05, 4.69) is 21.2 Å². The molecule has 84 valence electrons. The summed E-state index contributed by atoms with van der Waals surface area (Å²) in [5, 5.41) is 11.8. The molecule has 0 saturated carbocycles. The number of halogens is 2. The average Bonchev–Trinajstić information content (AvgIpc) is 2.24. The Labute approximate surface area is 108 Å². The van der Waals surface area contributed by atoms with E-state index >= 15 is 0 Å². The van der Waals surface area contributed by atoms with Crippen molar-refractivity contribution in [3.05, 3.63) is 33.3 Å². The molecule has 0 spiro atoms. The van der Waals surface area contributed by atoms with Crippen LogP contribution in [0.25, 0.3) is 0 Å². The van der Waals surface area contributed by atoms with Crippen LogP contribution in [0.4, 0.5) is 0 Å². The number of hydrogen-bond acceptors (Lipinski definition) is 2. The Morgan fingerprint density at radius 2 is 2.31 bits per heavy atom. The van der Waals surface area contributed by atoms with E-state index in [9.17, 15) is 4.79 Å². The van der Waals surface area contributed by atoms with Crippen LogP contribution in [-0.4, -0.2) is 11.9 Å². The molecule has 0 radical (unpaired) electrons. The predicted molar refractivity (Wildman–Crippen MR) is 66.3 cm³/mol. The summed E-state index contributed by atoms with van der Waals surface area (Å²) in [4.78, 5) is 11.7. The van der Waals surface area contributed by atoms with Gasteiger partial charge >= 0.3 is 0 Å². The largest absolute Gasteiger partial charge is 0.336 e. The monoisotopic (exact) mass is 300 g/mol. The Balaban J connectivity index is 2.85. The second kappa shape index (κ2) is 5.88. The Morgan fingerprint density at radius 3 is 2.81 bits per heavy atom. The first-order valence-electron chi connectivity index (χ1n) is 4.73. The van der Waals surface area contributed by atoms with E-state index in [1.807, 2.05) is 13.0 Å². The lowest BCUT2D eigenvalue weighted by molar-refractivity contribution is 0.0944. The summed E-state index contributed by atoms with van der Waals surface area (Å²) in [6.45, 7) is 1.84. The lowest BCUT2D eigenvalue weighted by Crippen LogP contribution is -2.33. The molecule has 1 rings (SSSR count). The normalized spacial score (nSPS) is 11.6. The van der Waals surface area contributed by atoms with Crippen LogP contribution in [0.1, 0.15) is 23.7 Å². The minimum atomic E-state index is -0.467. The van der Waals surface area contributed by atoms with E-state index in [0.717, 1.165) is 4.47 Å². The molecule has 0 saturated heterocycles. The van der Waals surface area contributed by atoms with Gasteiger partial charge in [-0.05, 0) is 24.6 Å². The summed E-state index contributed by atoms with van der Waals surface area (Å²) >= 11 is 9.08. The number of nitriles is 1. The minimum Gasteiger partial charge on any atom is -0.336 e. The molecule has 5 heteroatoms. The molecule has 1 atom stereocenters. The molecule has 16 heavy (non-hydrogen) atoms. The first-order valence-corrected chi connectivity index (χ1v) is 5.90. The minimum absolute atomic E-state index is 0.295. The molecule has 0 bridgehead atoms. The van der Waals surface area contributed by atoms with Crippen molar-refractivity contribution in [2.45, 2.75) is 19.4 Å². The van der Waals surface area contributed by atoms with Gasteiger partial charge in [-0.2, -0.15) is 5.26 Å². The second-order valence-electron chi connectivity index (χ2n) is 3.22. The van der Waals surface area contributed by atoms with Gasteiger partial charge in [0.25, 0.3) is 5.91 Å². The van der Waals surface area contributed by atoms with Gasteiger partial charge in [0.1, 0.15) is 6.04 Å². The molecule has 0 fully saturated rings. The lowest BCUT2D eigenvalue weighted by Gasteiger charge is -2.09. The Morgan fingerprint density at radius 1 is 1.62 bits per heavy atom. The van der Waals surface area contributed by atoms with Crippen LogP contribution < -0.4 is 5.32 Å². The zero-order chi connectivity index (χ0) is 12.1. The van der Waals surface area contributed by atoms with Gasteiger partial charge in [-0.15, -0.1) is 0 Å². The molecule has 0 aliphatic carbocycles. The fourth-order valence-corrected chi connectivity index (χ4v) is 2.01. The third-order valence-electron chi connectivity index (χ3n) is 1.99. The Bertz CT molecular complexity index is 422. The number of carbonyl (C=O) groups is 1. The molecule has 1 amide bonds. The number of hydrogen-bond donors (Lipinski definition) is 1. The fraction of sp³-hybridized carbons (Fsp3) is 0.273. The number of rotatable bonds is 3. The predicted octanol–water partition coefficient (Wildman–Crippen LogP) is 3.13. The zero-order valence-electron chi connectivity index (χ0n) is 8.63. The summed E-state index contributed by atoms with van der Waals surface area (Å²) in [6.07, 6.45) is 0.573. The van der Waals surface area contributed by atoms with Gasteiger partial charge in [-0.1, -0.05) is 34.5 Å². The zero-order valence-corrected chi connectivity index (χ0v) is 11.0. The molecular weight excluding hydrogens is 291 g/mol. The maximum Gasteiger partial charge on any atom is 0.252 e. The number of benzene rings is 1. The standard InChI is InChI=1S/C11H10BrClN2O/c1-2-10(6-14)15-11(16)7-3-8(12)5-9(13)4-7/h3-5,10H,2H2,1H3,(H,15,16). The lowest BCUT2D eigenvalue weighted by atomic mass is 10.2. The van der Waals surface area contributed by atoms with Crippen LogP contribution in [0.3, 0.4) is 0 Å². The number of nitrogens with one attached hydrogen (secondary N) is 1. The van der Waals surface area contributed by atoms with E-state index < -0.39 is 6.04 Å². The van der Waals surface area contributed by atoms with Crippen LogP contribution in [0, 0.1) is 11.3 Å². The quantitative estimate of drug-likeness (QED) is 0.932. The van der Waals surface area contributed by atoms with Crippen LogP contribution in [-0.2, 0) is 0 Å². The van der Waals surface area contributed by atoms with Crippen LogP contribution in [0.15, 0.2) is 22.7 Å². The van der Waals surface area contributed by atoms with Gasteiger partial charge in [0, 0.05) is 15.1 Å². The first-order chi connectivity index (χ1) is 7.56. The highest BCUT2D eigenvalue weighted by molar-refractivity contribution is 9.10. The van der Waals surface area contributed by atoms with E-state index in [-0.39, 0.29) is 5.91 Å². The summed E-state index contributed by atoms with van der Waals surface area (Å²) in [6, 6.07) is 6.45. The molecule has 1 unspecified atom stereocenters. The van der Waals surface area contributed by atoms with Crippen molar-refractivity contribution in [3.63, 3.8) is 0 Å². The number of carbonyl (C=O) groups excluding carboxylic acids is 1. The molecule has 1 N–H and O–H groups in total. The molecule has 1 aromatic carbocycles.